The van der Waals surface area contributed by atoms with Crippen molar-refractivity contribution in [1.29, 1.82) is 5.26 Å². The van der Waals surface area contributed by atoms with E-state index in [0.717, 1.165) is 12.1 Å². The maximum absolute atomic E-state index is 13.5. The molecule has 2 rings (SSSR count). The van der Waals surface area contributed by atoms with Crippen molar-refractivity contribution in [3.63, 3.8) is 0 Å². The van der Waals surface area contributed by atoms with Crippen LogP contribution in [0.15, 0.2) is 42.5 Å². The maximum atomic E-state index is 13.5. The molecule has 0 atom stereocenters. The summed E-state index contributed by atoms with van der Waals surface area (Å²) in [7, 11) is 0. The van der Waals surface area contributed by atoms with Crippen LogP contribution in [-0.4, -0.2) is 12.5 Å². The average Bonchev–Trinajstić information content (AvgIpc) is 2.45. The van der Waals surface area contributed by atoms with E-state index in [1.165, 1.54) is 6.07 Å². The van der Waals surface area contributed by atoms with Crippen molar-refractivity contribution < 1.29 is 18.3 Å². The van der Waals surface area contributed by atoms with Crippen LogP contribution in [0, 0.1) is 23.0 Å². The number of nitrogens with one attached hydrogen (secondary N) is 1. The monoisotopic (exact) mass is 288 g/mol. The van der Waals surface area contributed by atoms with Crippen LogP contribution in [0.1, 0.15) is 10.4 Å². The van der Waals surface area contributed by atoms with Gasteiger partial charge in [0.1, 0.15) is 23.5 Å². The Kier molecular flexibility index (Phi) is 4.46. The Morgan fingerprint density at radius 1 is 1.24 bits per heavy atom. The summed E-state index contributed by atoms with van der Waals surface area (Å²) in [5.41, 5.74) is 0.110. The number of amides is 1. The topological polar surface area (TPSA) is 62.1 Å². The van der Waals surface area contributed by atoms with Gasteiger partial charge in [0.25, 0.3) is 5.91 Å². The number of nitriles is 1. The number of benzene rings is 2. The number of carbonyl (C=O) groups is 1. The predicted octanol–water partition coefficient (Wildman–Crippen LogP) is 3.12. The molecule has 0 radical (unpaired) electrons. The molecule has 0 unspecified atom stereocenters. The first-order chi connectivity index (χ1) is 10.1. The summed E-state index contributed by atoms with van der Waals surface area (Å²) >= 11 is 0. The van der Waals surface area contributed by atoms with Crippen LogP contribution in [0.2, 0.25) is 0 Å². The van der Waals surface area contributed by atoms with E-state index >= 15 is 0 Å². The Morgan fingerprint density at radius 3 is 2.76 bits per heavy atom. The van der Waals surface area contributed by atoms with Crippen LogP contribution in [0.5, 0.6) is 5.75 Å². The van der Waals surface area contributed by atoms with Gasteiger partial charge in [0.15, 0.2) is 6.61 Å². The lowest BCUT2D eigenvalue weighted by Gasteiger charge is -2.08. The second kappa shape index (κ2) is 6.48. The fourth-order valence-electron chi connectivity index (χ4n) is 1.65. The molecule has 6 heteroatoms. The fraction of sp³-hybridized carbons (Fsp3) is 0.0667. The first-order valence-electron chi connectivity index (χ1n) is 5.96. The van der Waals surface area contributed by atoms with Crippen LogP contribution in [0.25, 0.3) is 0 Å². The van der Waals surface area contributed by atoms with Gasteiger partial charge in [0.2, 0.25) is 0 Å². The lowest BCUT2D eigenvalue weighted by molar-refractivity contribution is 0.102. The molecular formula is C15H10F2N2O2. The van der Waals surface area contributed by atoms with Gasteiger partial charge in [-0.05, 0) is 24.3 Å². The Balaban J connectivity index is 2.14. The molecule has 0 heterocycles. The zero-order chi connectivity index (χ0) is 15.2. The molecule has 106 valence electrons. The predicted molar refractivity (Wildman–Crippen MR) is 71.9 cm³/mol. The smallest absolute Gasteiger partial charge is 0.258 e. The van der Waals surface area contributed by atoms with Gasteiger partial charge in [-0.15, -0.1) is 0 Å². The van der Waals surface area contributed by atoms with Gasteiger partial charge < -0.3 is 10.1 Å². The number of rotatable bonds is 4. The minimum absolute atomic E-state index is 0.121. The Bertz CT molecular complexity index is 711. The molecule has 0 fully saturated rings. The standard InChI is InChI=1S/C15H10F2N2O2/c16-10-4-5-13(14(17)8-10)15(20)19-11-2-1-3-12(9-11)21-7-6-18/h1-5,8-9H,7H2,(H,19,20). The SMILES string of the molecule is N#CCOc1cccc(NC(=O)c2ccc(F)cc2F)c1. The summed E-state index contributed by atoms with van der Waals surface area (Å²) in [6.07, 6.45) is 0. The van der Waals surface area contributed by atoms with E-state index in [-0.39, 0.29) is 12.2 Å². The molecule has 0 saturated carbocycles. The van der Waals surface area contributed by atoms with Gasteiger partial charge in [-0.3, -0.25) is 4.79 Å². The Morgan fingerprint density at radius 2 is 2.05 bits per heavy atom. The number of halogens is 2. The first kappa shape index (κ1) is 14.5. The van der Waals surface area contributed by atoms with Gasteiger partial charge in [-0.25, -0.2) is 8.78 Å². The quantitative estimate of drug-likeness (QED) is 0.940. The van der Waals surface area contributed by atoms with Crippen LogP contribution in [0.4, 0.5) is 14.5 Å². The van der Waals surface area contributed by atoms with Crippen molar-refractivity contribution in [3.05, 3.63) is 59.7 Å². The molecule has 0 saturated heterocycles. The first-order valence-corrected chi connectivity index (χ1v) is 5.96. The lowest BCUT2D eigenvalue weighted by atomic mass is 10.2. The maximum Gasteiger partial charge on any atom is 0.258 e. The van der Waals surface area contributed by atoms with Crippen molar-refractivity contribution in [2.24, 2.45) is 0 Å². The molecule has 1 N–H and O–H groups in total. The van der Waals surface area contributed by atoms with Crippen LogP contribution >= 0.6 is 0 Å². The largest absolute Gasteiger partial charge is 0.479 e. The highest BCUT2D eigenvalue weighted by molar-refractivity contribution is 6.04. The number of anilines is 1. The number of nitrogens with zero attached hydrogens (tertiary/aromatic N) is 1. The molecule has 4 nitrogen and oxygen atoms in total. The van der Waals surface area contributed by atoms with Gasteiger partial charge in [-0.2, -0.15) is 5.26 Å². The van der Waals surface area contributed by atoms with Crippen LogP contribution in [0.3, 0.4) is 0 Å². The Labute approximate surface area is 119 Å². The second-order valence-corrected chi connectivity index (χ2v) is 4.05. The van der Waals surface area contributed by atoms with Crippen molar-refractivity contribution in [2.75, 3.05) is 11.9 Å². The van der Waals surface area contributed by atoms with Gasteiger partial charge in [0.05, 0.1) is 5.56 Å². The van der Waals surface area contributed by atoms with Crippen molar-refractivity contribution in [3.8, 4) is 11.8 Å². The van der Waals surface area contributed by atoms with Crippen molar-refractivity contribution in [1.82, 2.24) is 0 Å². The summed E-state index contributed by atoms with van der Waals surface area (Å²) in [6, 6.07) is 10.8. The molecule has 2 aromatic rings. The molecule has 0 aliphatic heterocycles. The molecule has 21 heavy (non-hydrogen) atoms. The second-order valence-electron chi connectivity index (χ2n) is 4.05. The molecule has 0 aliphatic carbocycles. The summed E-state index contributed by atoms with van der Waals surface area (Å²) < 4.78 is 31.4. The third kappa shape index (κ3) is 3.76. The molecule has 1 amide bonds. The highest BCUT2D eigenvalue weighted by atomic mass is 19.1. The highest BCUT2D eigenvalue weighted by Gasteiger charge is 2.12. The van der Waals surface area contributed by atoms with E-state index in [0.29, 0.717) is 17.5 Å². The minimum atomic E-state index is -0.940. The molecule has 0 bridgehead atoms. The van der Waals surface area contributed by atoms with Crippen LogP contribution < -0.4 is 10.1 Å². The van der Waals surface area contributed by atoms with E-state index in [1.807, 2.05) is 6.07 Å². The van der Waals surface area contributed by atoms with Gasteiger partial charge in [0, 0.05) is 17.8 Å². The van der Waals surface area contributed by atoms with Crippen LogP contribution in [-0.2, 0) is 0 Å². The molecule has 0 aliphatic rings. The Hall–Kier alpha value is -2.94. The fourth-order valence-corrected chi connectivity index (χ4v) is 1.65. The van der Waals surface area contributed by atoms with Crippen molar-refractivity contribution in [2.45, 2.75) is 0 Å². The van der Waals surface area contributed by atoms with E-state index in [9.17, 15) is 13.6 Å². The van der Waals surface area contributed by atoms with Gasteiger partial charge >= 0.3 is 0 Å². The van der Waals surface area contributed by atoms with E-state index in [1.54, 1.807) is 18.2 Å². The van der Waals surface area contributed by atoms with E-state index in [4.69, 9.17) is 10.00 Å². The summed E-state index contributed by atoms with van der Waals surface area (Å²) in [6.45, 7) is -0.121. The highest BCUT2D eigenvalue weighted by Crippen LogP contribution is 2.19. The normalized spacial score (nSPS) is 9.76. The molecule has 0 aromatic heterocycles. The number of hydrogen-bond acceptors (Lipinski definition) is 3. The number of ether oxygens (including phenoxy) is 1. The number of carbonyl (C=O) groups excluding carboxylic acids is 1. The van der Waals surface area contributed by atoms with E-state index in [2.05, 4.69) is 5.32 Å². The molecular weight excluding hydrogens is 278 g/mol. The number of hydrogen-bond donors (Lipinski definition) is 1. The summed E-state index contributed by atoms with van der Waals surface area (Å²) in [5.74, 6) is -2.00. The third-order valence-corrected chi connectivity index (χ3v) is 2.57. The summed E-state index contributed by atoms with van der Waals surface area (Å²) in [5, 5.41) is 10.9. The third-order valence-electron chi connectivity index (χ3n) is 2.57. The minimum Gasteiger partial charge on any atom is -0.479 e. The van der Waals surface area contributed by atoms with Crippen molar-refractivity contribution >= 4 is 11.6 Å². The molecule has 0 spiro atoms. The summed E-state index contributed by atoms with van der Waals surface area (Å²) in [4.78, 5) is 11.9. The van der Waals surface area contributed by atoms with E-state index < -0.39 is 17.5 Å². The average molecular weight is 288 g/mol. The zero-order valence-corrected chi connectivity index (χ0v) is 10.8. The zero-order valence-electron chi connectivity index (χ0n) is 10.8. The van der Waals surface area contributed by atoms with Gasteiger partial charge in [-0.1, -0.05) is 6.07 Å². The lowest BCUT2D eigenvalue weighted by Crippen LogP contribution is -2.14. The molecule has 2 aromatic carbocycles.